The standard InChI is InChI=1S/C16H23NO4/c1-4-7-11(2)17-16(20)12(3)21-14-9-6-5-8-13(14)10-15(18)19/h5-6,8-9,11-12H,4,7,10H2,1-3H3,(H,17,20)(H,18,19). The highest BCUT2D eigenvalue weighted by molar-refractivity contribution is 5.81. The molecule has 0 saturated heterocycles. The quantitative estimate of drug-likeness (QED) is 0.771. The number of aliphatic carboxylic acids is 1. The number of carbonyl (C=O) groups is 2. The molecule has 0 fully saturated rings. The van der Waals surface area contributed by atoms with E-state index in [1.807, 2.05) is 6.92 Å². The lowest BCUT2D eigenvalue weighted by Crippen LogP contribution is -2.41. The van der Waals surface area contributed by atoms with E-state index in [9.17, 15) is 9.59 Å². The summed E-state index contributed by atoms with van der Waals surface area (Å²) in [5, 5.41) is 11.8. The Bertz CT molecular complexity index is 487. The van der Waals surface area contributed by atoms with Crippen molar-refractivity contribution in [1.82, 2.24) is 5.32 Å². The lowest BCUT2D eigenvalue weighted by atomic mass is 10.1. The normalized spacial score (nSPS) is 13.3. The Labute approximate surface area is 125 Å². The highest BCUT2D eigenvalue weighted by Gasteiger charge is 2.18. The van der Waals surface area contributed by atoms with Gasteiger partial charge in [0.25, 0.3) is 5.91 Å². The van der Waals surface area contributed by atoms with Crippen LogP contribution in [-0.2, 0) is 16.0 Å². The number of carboxylic acid groups (broad SMARTS) is 1. The number of rotatable bonds is 8. The van der Waals surface area contributed by atoms with Gasteiger partial charge in [-0.3, -0.25) is 9.59 Å². The first-order chi connectivity index (χ1) is 9.93. The van der Waals surface area contributed by atoms with Crippen LogP contribution in [0.3, 0.4) is 0 Å². The van der Waals surface area contributed by atoms with E-state index in [2.05, 4.69) is 12.2 Å². The van der Waals surface area contributed by atoms with Crippen LogP contribution in [0.5, 0.6) is 5.75 Å². The molecule has 0 heterocycles. The molecular weight excluding hydrogens is 270 g/mol. The topological polar surface area (TPSA) is 75.6 Å². The predicted octanol–water partition coefficient (Wildman–Crippen LogP) is 2.39. The Kier molecular flexibility index (Phi) is 6.72. The monoisotopic (exact) mass is 293 g/mol. The minimum atomic E-state index is -0.931. The Morgan fingerprint density at radius 3 is 2.57 bits per heavy atom. The van der Waals surface area contributed by atoms with Gasteiger partial charge < -0.3 is 15.2 Å². The molecule has 0 radical (unpaired) electrons. The fourth-order valence-electron chi connectivity index (χ4n) is 2.04. The van der Waals surface area contributed by atoms with E-state index < -0.39 is 12.1 Å². The highest BCUT2D eigenvalue weighted by Crippen LogP contribution is 2.20. The zero-order valence-corrected chi connectivity index (χ0v) is 12.8. The van der Waals surface area contributed by atoms with Crippen molar-refractivity contribution in [3.05, 3.63) is 29.8 Å². The van der Waals surface area contributed by atoms with Gasteiger partial charge in [0.1, 0.15) is 5.75 Å². The number of hydrogen-bond donors (Lipinski definition) is 2. The third-order valence-corrected chi connectivity index (χ3v) is 3.10. The fourth-order valence-corrected chi connectivity index (χ4v) is 2.04. The number of ether oxygens (including phenoxy) is 1. The summed E-state index contributed by atoms with van der Waals surface area (Å²) in [6.07, 6.45) is 1.11. The van der Waals surface area contributed by atoms with Crippen LogP contribution in [-0.4, -0.2) is 29.1 Å². The number of nitrogens with one attached hydrogen (secondary N) is 1. The van der Waals surface area contributed by atoms with E-state index in [-0.39, 0.29) is 18.4 Å². The van der Waals surface area contributed by atoms with Gasteiger partial charge in [-0.05, 0) is 26.3 Å². The summed E-state index contributed by atoms with van der Waals surface area (Å²) >= 11 is 0. The lowest BCUT2D eigenvalue weighted by molar-refractivity contribution is -0.136. The highest BCUT2D eigenvalue weighted by atomic mass is 16.5. The average molecular weight is 293 g/mol. The summed E-state index contributed by atoms with van der Waals surface area (Å²) in [5.41, 5.74) is 0.561. The van der Waals surface area contributed by atoms with E-state index >= 15 is 0 Å². The van der Waals surface area contributed by atoms with Crippen LogP contribution in [0.1, 0.15) is 39.2 Å². The minimum absolute atomic E-state index is 0.0998. The smallest absolute Gasteiger partial charge is 0.307 e. The Morgan fingerprint density at radius 2 is 1.95 bits per heavy atom. The second-order valence-electron chi connectivity index (χ2n) is 5.14. The first-order valence-electron chi connectivity index (χ1n) is 7.20. The maximum absolute atomic E-state index is 12.0. The molecule has 2 N–H and O–H groups in total. The van der Waals surface area contributed by atoms with E-state index in [4.69, 9.17) is 9.84 Å². The van der Waals surface area contributed by atoms with Crippen molar-refractivity contribution in [2.45, 2.75) is 52.2 Å². The summed E-state index contributed by atoms with van der Waals surface area (Å²) < 4.78 is 5.61. The zero-order valence-electron chi connectivity index (χ0n) is 12.8. The number of hydrogen-bond acceptors (Lipinski definition) is 3. The molecule has 5 nitrogen and oxygen atoms in total. The molecule has 0 saturated carbocycles. The maximum Gasteiger partial charge on any atom is 0.307 e. The molecule has 0 aliphatic rings. The van der Waals surface area contributed by atoms with Crippen molar-refractivity contribution in [3.63, 3.8) is 0 Å². The number of carbonyl (C=O) groups excluding carboxylic acids is 1. The van der Waals surface area contributed by atoms with Crippen molar-refractivity contribution < 1.29 is 19.4 Å². The molecule has 1 aromatic carbocycles. The zero-order chi connectivity index (χ0) is 15.8. The summed E-state index contributed by atoms with van der Waals surface area (Å²) in [4.78, 5) is 22.8. The van der Waals surface area contributed by atoms with Crippen LogP contribution >= 0.6 is 0 Å². The van der Waals surface area contributed by atoms with Crippen LogP contribution in [0.2, 0.25) is 0 Å². The van der Waals surface area contributed by atoms with Crippen LogP contribution in [0.4, 0.5) is 0 Å². The molecule has 0 aliphatic carbocycles. The minimum Gasteiger partial charge on any atom is -0.481 e. The first kappa shape index (κ1) is 17.0. The first-order valence-corrected chi connectivity index (χ1v) is 7.20. The summed E-state index contributed by atoms with van der Waals surface area (Å²) in [7, 11) is 0. The van der Waals surface area contributed by atoms with Crippen LogP contribution < -0.4 is 10.1 Å². The van der Waals surface area contributed by atoms with Crippen LogP contribution in [0.25, 0.3) is 0 Å². The van der Waals surface area contributed by atoms with Crippen molar-refractivity contribution in [2.75, 3.05) is 0 Å². The Hall–Kier alpha value is -2.04. The molecule has 2 unspecified atom stereocenters. The van der Waals surface area contributed by atoms with E-state index in [1.54, 1.807) is 31.2 Å². The van der Waals surface area contributed by atoms with E-state index in [1.165, 1.54) is 0 Å². The average Bonchev–Trinajstić information content (AvgIpc) is 2.40. The molecule has 0 aliphatic heterocycles. The summed E-state index contributed by atoms with van der Waals surface area (Å²) in [6, 6.07) is 6.97. The second kappa shape index (κ2) is 8.29. The molecular formula is C16H23NO4. The molecule has 1 rings (SSSR count). The lowest BCUT2D eigenvalue weighted by Gasteiger charge is -2.19. The second-order valence-corrected chi connectivity index (χ2v) is 5.14. The van der Waals surface area contributed by atoms with Gasteiger partial charge in [-0.2, -0.15) is 0 Å². The largest absolute Gasteiger partial charge is 0.481 e. The number of carboxylic acids is 1. The van der Waals surface area contributed by atoms with Gasteiger partial charge in [0.15, 0.2) is 6.10 Å². The van der Waals surface area contributed by atoms with Gasteiger partial charge in [-0.25, -0.2) is 0 Å². The SMILES string of the molecule is CCCC(C)NC(=O)C(C)Oc1ccccc1CC(=O)O. The molecule has 1 aromatic rings. The van der Waals surface area contributed by atoms with Gasteiger partial charge in [-0.1, -0.05) is 31.5 Å². The van der Waals surface area contributed by atoms with Gasteiger partial charge in [-0.15, -0.1) is 0 Å². The number of benzene rings is 1. The molecule has 0 spiro atoms. The molecule has 0 aromatic heterocycles. The molecule has 5 heteroatoms. The van der Waals surface area contributed by atoms with Crippen LogP contribution in [0, 0.1) is 0 Å². The third-order valence-electron chi connectivity index (χ3n) is 3.10. The van der Waals surface area contributed by atoms with Gasteiger partial charge >= 0.3 is 5.97 Å². The van der Waals surface area contributed by atoms with E-state index in [0.29, 0.717) is 11.3 Å². The predicted molar refractivity (Wildman–Crippen MR) is 80.4 cm³/mol. The molecule has 21 heavy (non-hydrogen) atoms. The van der Waals surface area contributed by atoms with Crippen LogP contribution in [0.15, 0.2) is 24.3 Å². The fraction of sp³-hybridized carbons (Fsp3) is 0.500. The third kappa shape index (κ3) is 5.85. The summed E-state index contributed by atoms with van der Waals surface area (Å²) in [5.74, 6) is -0.688. The van der Waals surface area contributed by atoms with Crippen molar-refractivity contribution >= 4 is 11.9 Å². The van der Waals surface area contributed by atoms with Crippen molar-refractivity contribution in [1.29, 1.82) is 0 Å². The Morgan fingerprint density at radius 1 is 1.29 bits per heavy atom. The van der Waals surface area contributed by atoms with Gasteiger partial charge in [0, 0.05) is 11.6 Å². The molecule has 116 valence electrons. The molecule has 1 amide bonds. The van der Waals surface area contributed by atoms with Crippen molar-refractivity contribution in [3.8, 4) is 5.75 Å². The maximum atomic E-state index is 12.0. The summed E-state index contributed by atoms with van der Waals surface area (Å²) in [6.45, 7) is 5.67. The Balaban J connectivity index is 2.67. The van der Waals surface area contributed by atoms with Crippen molar-refractivity contribution in [2.24, 2.45) is 0 Å². The van der Waals surface area contributed by atoms with Gasteiger partial charge in [0.2, 0.25) is 0 Å². The van der Waals surface area contributed by atoms with E-state index in [0.717, 1.165) is 12.8 Å². The molecule has 0 bridgehead atoms. The number of para-hydroxylation sites is 1. The van der Waals surface area contributed by atoms with Gasteiger partial charge in [0.05, 0.1) is 6.42 Å². The molecule has 2 atom stereocenters. The number of amides is 1.